The van der Waals surface area contributed by atoms with Crippen molar-refractivity contribution < 1.29 is 23.1 Å². The predicted molar refractivity (Wildman–Crippen MR) is 162 cm³/mol. The number of rotatable bonds is 14. The number of fused-ring (bicyclic) bond motifs is 1. The van der Waals surface area contributed by atoms with Gasteiger partial charge in [0.1, 0.15) is 11.8 Å². The summed E-state index contributed by atoms with van der Waals surface area (Å²) < 4.78 is 32.7. The van der Waals surface area contributed by atoms with Gasteiger partial charge < -0.3 is 29.4 Å². The molecule has 2 heterocycles. The monoisotopic (exact) mass is 600 g/mol. The van der Waals surface area contributed by atoms with Crippen LogP contribution in [0.5, 0.6) is 5.75 Å². The van der Waals surface area contributed by atoms with Gasteiger partial charge >= 0.3 is 13.7 Å². The van der Waals surface area contributed by atoms with E-state index in [0.717, 1.165) is 13.1 Å². The van der Waals surface area contributed by atoms with Crippen molar-refractivity contribution in [2.75, 3.05) is 51.5 Å². The molecular weight excluding hydrogens is 559 g/mol. The first kappa shape index (κ1) is 31.4. The summed E-state index contributed by atoms with van der Waals surface area (Å²) in [5.41, 5.74) is 7.41. The van der Waals surface area contributed by atoms with Crippen LogP contribution in [0.15, 0.2) is 48.8 Å². The number of nitrogens with two attached hydrogens (primary N) is 1. The second kappa shape index (κ2) is 13.6. The summed E-state index contributed by atoms with van der Waals surface area (Å²) in [7, 11) is 2.04. The summed E-state index contributed by atoms with van der Waals surface area (Å²) >= 11 is 0. The molecule has 0 fully saturated rings. The Bertz CT molecular complexity index is 1430. The molecule has 13 nitrogen and oxygen atoms in total. The van der Waals surface area contributed by atoms with Crippen LogP contribution < -0.4 is 20.2 Å². The molecule has 0 unspecified atom stereocenters. The van der Waals surface area contributed by atoms with Gasteiger partial charge in [-0.2, -0.15) is 15.1 Å². The van der Waals surface area contributed by atoms with Gasteiger partial charge in [0.2, 0.25) is 5.95 Å². The molecule has 1 aliphatic carbocycles. The fourth-order valence-electron chi connectivity index (χ4n) is 4.49. The molecule has 0 bridgehead atoms. The lowest BCUT2D eigenvalue weighted by molar-refractivity contribution is -0.149. The van der Waals surface area contributed by atoms with Gasteiger partial charge in [-0.05, 0) is 53.4 Å². The van der Waals surface area contributed by atoms with Crippen molar-refractivity contribution in [3.63, 3.8) is 0 Å². The summed E-state index contributed by atoms with van der Waals surface area (Å²) in [5, 5.41) is 2.73. The van der Waals surface area contributed by atoms with E-state index in [2.05, 4.69) is 24.9 Å². The van der Waals surface area contributed by atoms with Gasteiger partial charge in [-0.25, -0.2) is 9.55 Å². The van der Waals surface area contributed by atoms with Crippen molar-refractivity contribution in [1.82, 2.24) is 29.5 Å². The van der Waals surface area contributed by atoms with Crippen molar-refractivity contribution in [2.24, 2.45) is 5.92 Å². The number of esters is 1. The number of hydrogen-bond donors (Lipinski definition) is 2. The summed E-state index contributed by atoms with van der Waals surface area (Å²) in [5.74, 6) is 0.571. The largest absolute Gasteiger partial charge is 0.462 e. The summed E-state index contributed by atoms with van der Waals surface area (Å²) in [6.45, 7) is 6.75. The third-order valence-corrected chi connectivity index (χ3v) is 8.30. The van der Waals surface area contributed by atoms with Crippen molar-refractivity contribution in [3.05, 3.63) is 48.8 Å². The first-order valence-corrected chi connectivity index (χ1v) is 15.5. The molecule has 0 saturated carbocycles. The number of nitrogens with zero attached hydrogens (tertiary/aromatic N) is 6. The number of nitrogen functional groups attached to an aromatic ring is 1. The molecule has 0 saturated heterocycles. The van der Waals surface area contributed by atoms with Crippen LogP contribution in [0.4, 0.5) is 11.8 Å². The molecule has 14 heteroatoms. The smallest absolute Gasteiger partial charge is 0.459 e. The van der Waals surface area contributed by atoms with Gasteiger partial charge in [0.25, 0.3) is 0 Å². The zero-order valence-corrected chi connectivity index (χ0v) is 25.9. The predicted octanol–water partition coefficient (Wildman–Crippen LogP) is 3.66. The van der Waals surface area contributed by atoms with Crippen LogP contribution in [0.25, 0.3) is 11.2 Å². The van der Waals surface area contributed by atoms with Gasteiger partial charge in [0.05, 0.1) is 25.1 Å². The number of ether oxygens (including phenoxy) is 1. The average molecular weight is 601 g/mol. The molecule has 0 spiro atoms. The quantitative estimate of drug-likeness (QED) is 0.158. The third kappa shape index (κ3) is 8.07. The van der Waals surface area contributed by atoms with Crippen molar-refractivity contribution in [1.29, 1.82) is 0 Å². The van der Waals surface area contributed by atoms with Crippen LogP contribution in [0.2, 0.25) is 0 Å². The molecular formula is C28H41N8O5P. The second-order valence-electron chi connectivity index (χ2n) is 10.9. The first-order valence-electron chi connectivity index (χ1n) is 14.0. The number of likely N-dealkylation sites (N-methyl/N-ethyl adjacent to an activating group) is 2. The standard InChI is InChI=1S/C28H41N8O5P/c1-19(2)40-27(37)20(3)33-42(38,41-23-10-8-7-9-11-23)39-17-21-12-13-22(16-21)36-18-30-24-25(31-28(29)32-26(24)36)35(6)15-14-34(4)5/h7-13,18-22H,14-17H2,1-6H3,(H,33,38)(H2,29,31,32)/t20-,21+,22-,42+/m0/s1. The number of nitrogens with one attached hydrogen (secondary N) is 1. The minimum absolute atomic E-state index is 0.0693. The number of anilines is 2. The van der Waals surface area contributed by atoms with Crippen LogP contribution >= 0.6 is 7.75 Å². The Morgan fingerprint density at radius 2 is 1.88 bits per heavy atom. The molecule has 1 aromatic carbocycles. The average Bonchev–Trinajstić information content (AvgIpc) is 3.57. The fourth-order valence-corrected chi connectivity index (χ4v) is 6.04. The van der Waals surface area contributed by atoms with Crippen LogP contribution in [-0.4, -0.2) is 83.4 Å². The Balaban J connectivity index is 1.46. The zero-order valence-electron chi connectivity index (χ0n) is 25.0. The Morgan fingerprint density at radius 3 is 2.57 bits per heavy atom. The molecule has 0 amide bonds. The number of carbonyl (C=O) groups excluding carboxylic acids is 1. The first-order chi connectivity index (χ1) is 19.9. The molecule has 4 atom stereocenters. The van der Waals surface area contributed by atoms with E-state index in [1.54, 1.807) is 51.4 Å². The molecule has 2 aromatic heterocycles. The van der Waals surface area contributed by atoms with Crippen LogP contribution in [0.1, 0.15) is 33.2 Å². The number of benzene rings is 1. The molecule has 4 rings (SSSR count). The Hall–Kier alpha value is -3.51. The number of imidazole rings is 1. The van der Waals surface area contributed by atoms with E-state index >= 15 is 0 Å². The number of hydrogen-bond acceptors (Lipinski definition) is 11. The van der Waals surface area contributed by atoms with Crippen LogP contribution in [-0.2, 0) is 18.6 Å². The Kier molecular flexibility index (Phi) is 10.2. The second-order valence-corrected chi connectivity index (χ2v) is 12.6. The van der Waals surface area contributed by atoms with E-state index < -0.39 is 19.8 Å². The summed E-state index contributed by atoms with van der Waals surface area (Å²) in [6.07, 6.45) is 6.13. The number of aromatic nitrogens is 4. The highest BCUT2D eigenvalue weighted by atomic mass is 31.2. The summed E-state index contributed by atoms with van der Waals surface area (Å²) in [6, 6.07) is 7.70. The van der Waals surface area contributed by atoms with Gasteiger partial charge in [-0.3, -0.25) is 9.32 Å². The number of allylic oxidation sites excluding steroid dienone is 1. The lowest BCUT2D eigenvalue weighted by Crippen LogP contribution is -2.36. The maximum atomic E-state index is 13.8. The maximum absolute atomic E-state index is 13.8. The van der Waals surface area contributed by atoms with Gasteiger partial charge in [-0.1, -0.05) is 30.4 Å². The molecule has 1 aliphatic rings. The van der Waals surface area contributed by atoms with E-state index in [-0.39, 0.29) is 30.6 Å². The van der Waals surface area contributed by atoms with E-state index in [0.29, 0.717) is 29.2 Å². The highest BCUT2D eigenvalue weighted by Gasteiger charge is 2.34. The molecule has 0 radical (unpaired) electrons. The highest BCUT2D eigenvalue weighted by molar-refractivity contribution is 7.52. The Labute approximate surface area is 246 Å². The highest BCUT2D eigenvalue weighted by Crippen LogP contribution is 2.46. The third-order valence-electron chi connectivity index (χ3n) is 6.66. The topological polar surface area (TPSA) is 150 Å². The van der Waals surface area contributed by atoms with Crippen LogP contribution in [0.3, 0.4) is 0 Å². The van der Waals surface area contributed by atoms with E-state index in [4.69, 9.17) is 19.5 Å². The molecule has 42 heavy (non-hydrogen) atoms. The SMILES string of the molecule is CC(C)OC(=O)[C@H](C)N[P@@](=O)(OC[C@@H]1C=C[C@H](n2cnc3c(N(C)CCN(C)C)nc(N)nc32)C1)Oc1ccccc1. The van der Waals surface area contributed by atoms with Gasteiger partial charge in [0.15, 0.2) is 17.0 Å². The molecule has 228 valence electrons. The minimum Gasteiger partial charge on any atom is -0.462 e. The van der Waals surface area contributed by atoms with E-state index in [1.165, 1.54) is 0 Å². The van der Waals surface area contributed by atoms with Gasteiger partial charge in [0, 0.05) is 26.1 Å². The van der Waals surface area contributed by atoms with Gasteiger partial charge in [-0.15, -0.1) is 0 Å². The fraction of sp³-hybridized carbons (Fsp3) is 0.500. The molecule has 3 aromatic rings. The normalized spacial score (nSPS) is 18.9. The molecule has 3 N–H and O–H groups in total. The van der Waals surface area contributed by atoms with Crippen molar-refractivity contribution in [3.8, 4) is 5.75 Å². The van der Waals surface area contributed by atoms with E-state index in [9.17, 15) is 9.36 Å². The lowest BCUT2D eigenvalue weighted by atomic mass is 10.1. The summed E-state index contributed by atoms with van der Waals surface area (Å²) in [4.78, 5) is 30.1. The lowest BCUT2D eigenvalue weighted by Gasteiger charge is -2.24. The minimum atomic E-state index is -3.95. The van der Waals surface area contributed by atoms with E-state index in [1.807, 2.05) is 48.8 Å². The Morgan fingerprint density at radius 1 is 1.14 bits per heavy atom. The number of carbonyl (C=O) groups is 1. The zero-order chi connectivity index (χ0) is 30.4. The molecule has 0 aliphatic heterocycles. The van der Waals surface area contributed by atoms with Crippen LogP contribution in [0, 0.1) is 5.92 Å². The maximum Gasteiger partial charge on any atom is 0.459 e. The van der Waals surface area contributed by atoms with Crippen molar-refractivity contribution >= 4 is 36.6 Å². The van der Waals surface area contributed by atoms with Crippen molar-refractivity contribution in [2.45, 2.75) is 45.4 Å². The number of para-hydroxylation sites is 1.